The van der Waals surface area contributed by atoms with Gasteiger partial charge in [-0.1, -0.05) is 198 Å². The highest BCUT2D eigenvalue weighted by Gasteiger charge is 2.37. The second kappa shape index (κ2) is 14.1. The van der Waals surface area contributed by atoms with Gasteiger partial charge in [0.1, 0.15) is 0 Å². The average molecular weight is 893 g/mol. The first-order chi connectivity index (χ1) is 34.3. The molecule has 15 rings (SSSR count). The largest absolute Gasteiger partial charge is 0.309 e. The lowest BCUT2D eigenvalue weighted by Crippen LogP contribution is -2.26. The predicted octanol–water partition coefficient (Wildman–Crippen LogP) is 18.1. The maximum atomic E-state index is 2.51. The van der Waals surface area contributed by atoms with Crippen molar-refractivity contribution in [2.75, 3.05) is 0 Å². The maximum Gasteiger partial charge on any atom is 0.0582 e. The van der Waals surface area contributed by atoms with E-state index in [1.165, 1.54) is 143 Å². The van der Waals surface area contributed by atoms with E-state index in [9.17, 15) is 0 Å². The number of para-hydroxylation sites is 4. The minimum absolute atomic E-state index is 0.197. The van der Waals surface area contributed by atoms with Gasteiger partial charge in [-0.2, -0.15) is 0 Å². The molecule has 2 nitrogen and oxygen atoms in total. The Hall–Kier alpha value is -8.46. The van der Waals surface area contributed by atoms with Crippen LogP contribution in [0.5, 0.6) is 0 Å². The Balaban J connectivity index is 0.946. The molecule has 0 saturated heterocycles. The summed E-state index contributed by atoms with van der Waals surface area (Å²) in [6.07, 6.45) is 0. The second-order valence-electron chi connectivity index (χ2n) is 20.8. The van der Waals surface area contributed by atoms with E-state index >= 15 is 0 Å². The third-order valence-electron chi connectivity index (χ3n) is 16.5. The monoisotopic (exact) mass is 892 g/mol. The minimum Gasteiger partial charge on any atom is -0.309 e. The van der Waals surface area contributed by atoms with Crippen LogP contribution in [0, 0.1) is 0 Å². The van der Waals surface area contributed by atoms with Crippen molar-refractivity contribution in [3.8, 4) is 55.9 Å². The fourth-order valence-corrected chi connectivity index (χ4v) is 13.1. The smallest absolute Gasteiger partial charge is 0.0582 e. The van der Waals surface area contributed by atoms with E-state index in [-0.39, 0.29) is 10.8 Å². The molecule has 0 fully saturated rings. The van der Waals surface area contributed by atoms with Gasteiger partial charge < -0.3 is 9.13 Å². The molecule has 2 aromatic heterocycles. The van der Waals surface area contributed by atoms with Crippen LogP contribution in [-0.4, -0.2) is 9.13 Å². The Bertz CT molecular complexity index is 4100. The summed E-state index contributed by atoms with van der Waals surface area (Å²) in [5, 5.41) is 10.3. The van der Waals surface area contributed by atoms with Crippen LogP contribution in [-0.2, 0) is 10.8 Å². The van der Waals surface area contributed by atoms with Gasteiger partial charge in [-0.05, 0) is 137 Å². The zero-order valence-corrected chi connectivity index (χ0v) is 39.7. The molecule has 2 heteroatoms. The van der Waals surface area contributed by atoms with Crippen LogP contribution in [0.1, 0.15) is 49.9 Å². The fourth-order valence-electron chi connectivity index (χ4n) is 13.1. The molecule has 0 bridgehead atoms. The normalized spacial score (nSPS) is 14.2. The summed E-state index contributed by atoms with van der Waals surface area (Å²) in [5.41, 5.74) is 22.6. The van der Waals surface area contributed by atoms with Crippen molar-refractivity contribution >= 4 is 65.2 Å². The number of benzene rings is 11. The molecular formula is C68H48N2. The average Bonchev–Trinajstić information content (AvgIpc) is 3.93. The van der Waals surface area contributed by atoms with Crippen molar-refractivity contribution in [2.24, 2.45) is 0 Å². The molecule has 11 aromatic carbocycles. The molecule has 0 aliphatic carbocycles. The van der Waals surface area contributed by atoms with Crippen molar-refractivity contribution in [1.82, 2.24) is 9.13 Å². The molecule has 4 heterocycles. The molecule has 330 valence electrons. The fraction of sp³-hybridized carbons (Fsp3) is 0.0882. The first-order valence-corrected chi connectivity index (χ1v) is 24.8. The van der Waals surface area contributed by atoms with Crippen LogP contribution < -0.4 is 0 Å². The third kappa shape index (κ3) is 5.23. The van der Waals surface area contributed by atoms with Crippen molar-refractivity contribution in [3.05, 3.63) is 241 Å². The molecule has 2 aliphatic heterocycles. The highest BCUT2D eigenvalue weighted by molar-refractivity contribution is 6.23. The van der Waals surface area contributed by atoms with E-state index in [1.54, 1.807) is 0 Å². The van der Waals surface area contributed by atoms with Crippen LogP contribution in [0.3, 0.4) is 0 Å². The number of nitrogens with zero attached hydrogens (tertiary/aromatic N) is 2. The molecule has 13 aromatic rings. The Labute approximate surface area is 407 Å². The molecule has 0 saturated carbocycles. The summed E-state index contributed by atoms with van der Waals surface area (Å²) in [7, 11) is 0. The van der Waals surface area contributed by atoms with Crippen molar-refractivity contribution < 1.29 is 0 Å². The summed E-state index contributed by atoms with van der Waals surface area (Å²) in [4.78, 5) is 0. The third-order valence-corrected chi connectivity index (χ3v) is 16.5. The molecule has 0 radical (unpaired) electrons. The summed E-state index contributed by atoms with van der Waals surface area (Å²) < 4.78 is 5.02. The first-order valence-electron chi connectivity index (χ1n) is 24.8. The number of aromatic nitrogens is 2. The molecule has 0 amide bonds. The van der Waals surface area contributed by atoms with Gasteiger partial charge in [0.25, 0.3) is 0 Å². The van der Waals surface area contributed by atoms with Gasteiger partial charge in [-0.3, -0.25) is 0 Å². The SMILES string of the molecule is CC1(C)c2cc(-c3ccc4c(-c5ccccc5)c5cc(-c6ccc7c(c6)C(C)(C)c6cccc8c9ccccc9n-7c68)ccc5c(-c5ccccc5)c4c3)ccc2-n2c3ccccc3c3cccc1c32. The minimum atomic E-state index is -0.197. The number of hydrogen-bond acceptors (Lipinski definition) is 0. The van der Waals surface area contributed by atoms with Crippen molar-refractivity contribution in [3.63, 3.8) is 0 Å². The molecule has 0 N–H and O–H groups in total. The lowest BCUT2D eigenvalue weighted by molar-refractivity contribution is 0.630. The zero-order valence-electron chi connectivity index (χ0n) is 39.7. The van der Waals surface area contributed by atoms with Crippen molar-refractivity contribution in [2.45, 2.75) is 38.5 Å². The van der Waals surface area contributed by atoms with Crippen LogP contribution in [0.2, 0.25) is 0 Å². The molecule has 0 spiro atoms. The van der Waals surface area contributed by atoms with Crippen LogP contribution in [0.25, 0.3) is 121 Å². The standard InChI is InChI=1S/C68H48N2/c1-67(2)55-25-15-23-51-47-21-11-13-27-59(47)69(65(51)55)61-35-31-45(39-57(61)67)43-29-33-49-53(37-43)63(41-17-7-5-8-18-41)50-34-30-44(38-54(50)64(49)42-19-9-6-10-20-42)46-32-36-62-58(40-46)68(3,4)56-26-16-24-52-48-22-12-14-28-60(48)70(62)66(52)56/h5-40H,1-4H3. The van der Waals surface area contributed by atoms with Gasteiger partial charge in [0, 0.05) is 32.4 Å². The number of fused-ring (bicyclic) bond motifs is 12. The van der Waals surface area contributed by atoms with Gasteiger partial charge in [-0.25, -0.2) is 0 Å². The first kappa shape index (κ1) is 39.5. The number of rotatable bonds is 4. The van der Waals surface area contributed by atoms with E-state index in [1.807, 2.05) is 0 Å². The van der Waals surface area contributed by atoms with Gasteiger partial charge >= 0.3 is 0 Å². The predicted molar refractivity (Wildman–Crippen MR) is 296 cm³/mol. The van der Waals surface area contributed by atoms with E-state index in [2.05, 4.69) is 255 Å². The van der Waals surface area contributed by atoms with Gasteiger partial charge in [0.15, 0.2) is 0 Å². The Kier molecular flexibility index (Phi) is 7.94. The zero-order chi connectivity index (χ0) is 46.6. The van der Waals surface area contributed by atoms with Gasteiger partial charge in [-0.15, -0.1) is 0 Å². The Morgan fingerprint density at radius 3 is 1.07 bits per heavy atom. The van der Waals surface area contributed by atoms with Crippen LogP contribution in [0.15, 0.2) is 218 Å². The number of hydrogen-bond donors (Lipinski definition) is 0. The lowest BCUT2D eigenvalue weighted by atomic mass is 9.74. The maximum absolute atomic E-state index is 2.51. The second-order valence-corrected chi connectivity index (χ2v) is 20.8. The summed E-state index contributed by atoms with van der Waals surface area (Å²) in [6.45, 7) is 9.60. The Morgan fingerprint density at radius 1 is 0.257 bits per heavy atom. The van der Waals surface area contributed by atoms with Crippen molar-refractivity contribution in [1.29, 1.82) is 0 Å². The summed E-state index contributed by atoms with van der Waals surface area (Å²) in [6, 6.07) is 82.4. The van der Waals surface area contributed by atoms with E-state index < -0.39 is 0 Å². The Morgan fingerprint density at radius 2 is 0.629 bits per heavy atom. The van der Waals surface area contributed by atoms with Crippen LogP contribution >= 0.6 is 0 Å². The van der Waals surface area contributed by atoms with E-state index in [0.29, 0.717) is 0 Å². The van der Waals surface area contributed by atoms with Gasteiger partial charge in [0.2, 0.25) is 0 Å². The molecule has 0 unspecified atom stereocenters. The molecule has 2 aliphatic rings. The van der Waals surface area contributed by atoms with E-state index in [4.69, 9.17) is 0 Å². The molecular weight excluding hydrogens is 845 g/mol. The van der Waals surface area contributed by atoms with Gasteiger partial charge in [0.05, 0.1) is 33.4 Å². The highest BCUT2D eigenvalue weighted by atomic mass is 15.0. The lowest BCUT2D eigenvalue weighted by Gasteiger charge is -2.35. The summed E-state index contributed by atoms with van der Waals surface area (Å²) in [5.74, 6) is 0. The molecule has 0 atom stereocenters. The quantitative estimate of drug-likeness (QED) is 0.156. The van der Waals surface area contributed by atoms with Crippen LogP contribution in [0.4, 0.5) is 0 Å². The molecule has 70 heavy (non-hydrogen) atoms. The van der Waals surface area contributed by atoms with E-state index in [0.717, 1.165) is 0 Å². The highest BCUT2D eigenvalue weighted by Crippen LogP contribution is 2.52. The summed E-state index contributed by atoms with van der Waals surface area (Å²) >= 11 is 0. The topological polar surface area (TPSA) is 9.86 Å².